The van der Waals surface area contributed by atoms with Crippen molar-refractivity contribution in [2.24, 2.45) is 0 Å². The van der Waals surface area contributed by atoms with Crippen molar-refractivity contribution in [3.8, 4) is 5.75 Å². The van der Waals surface area contributed by atoms with Crippen LogP contribution in [0.5, 0.6) is 5.75 Å². The minimum absolute atomic E-state index is 0.398. The number of nitrogens with zero attached hydrogens (tertiary/aromatic N) is 1. The quantitative estimate of drug-likeness (QED) is 0.822. The van der Waals surface area contributed by atoms with Crippen molar-refractivity contribution in [2.45, 2.75) is 13.5 Å². The number of benzene rings is 2. The third-order valence-corrected chi connectivity index (χ3v) is 2.93. The Morgan fingerprint density at radius 2 is 1.65 bits per heavy atom. The minimum atomic E-state index is -0.826. The van der Waals surface area contributed by atoms with Gasteiger partial charge in [-0.25, -0.2) is 0 Å². The fourth-order valence-corrected chi connectivity index (χ4v) is 1.88. The van der Waals surface area contributed by atoms with Crippen molar-refractivity contribution in [1.29, 1.82) is 0 Å². The summed E-state index contributed by atoms with van der Waals surface area (Å²) in [4.78, 5) is 2.12. The maximum absolute atomic E-state index is 9.97. The van der Waals surface area contributed by atoms with Crippen LogP contribution in [0, 0.1) is 6.92 Å². The second-order valence-corrected chi connectivity index (χ2v) is 8.08. The average Bonchev–Trinajstić information content (AvgIpc) is 2.46. The molecule has 2 rings (SSSR count). The third kappa shape index (κ3) is 5.48. The van der Waals surface area contributed by atoms with Gasteiger partial charge in [-0.2, -0.15) is 0 Å². The summed E-state index contributed by atoms with van der Waals surface area (Å²) >= 11 is -0.826. The van der Waals surface area contributed by atoms with Crippen LogP contribution in [-0.2, 0) is 27.4 Å². The Balaban J connectivity index is 0.000000612. The molecule has 0 aliphatic carbocycles. The summed E-state index contributed by atoms with van der Waals surface area (Å²) in [6.45, 7) is 2.62. The van der Waals surface area contributed by atoms with E-state index in [0.717, 1.165) is 16.8 Å². The molecule has 0 aliphatic heterocycles. The van der Waals surface area contributed by atoms with Crippen molar-refractivity contribution in [1.82, 2.24) is 0 Å². The van der Waals surface area contributed by atoms with Crippen molar-refractivity contribution in [2.75, 3.05) is 11.9 Å². The van der Waals surface area contributed by atoms with Crippen LogP contribution in [0.3, 0.4) is 0 Å². The topological polar surface area (TPSA) is 23.5 Å². The summed E-state index contributed by atoms with van der Waals surface area (Å²) in [6, 6.07) is 16.0. The van der Waals surface area contributed by atoms with Gasteiger partial charge in [0.2, 0.25) is 0 Å². The van der Waals surface area contributed by atoms with Gasteiger partial charge < -0.3 is 10.0 Å². The maximum atomic E-state index is 9.97. The van der Waals surface area contributed by atoms with E-state index in [9.17, 15) is 5.11 Å². The molecule has 2 aromatic carbocycles. The first-order valence-electron chi connectivity index (χ1n) is 6.10. The Bertz CT molecular complexity index is 523. The number of phenolic OH excluding ortho intramolecular Hbond substituents is 1. The predicted octanol–water partition coefficient (Wildman–Crippen LogP) is 4.71. The van der Waals surface area contributed by atoms with E-state index in [1.807, 2.05) is 50.4 Å². The molecular formula is C15H17Cl2NOZr. The third-order valence-electron chi connectivity index (χ3n) is 2.93. The van der Waals surface area contributed by atoms with E-state index in [-0.39, 0.29) is 0 Å². The van der Waals surface area contributed by atoms with Gasteiger partial charge in [-0.15, -0.1) is 0 Å². The van der Waals surface area contributed by atoms with E-state index < -0.39 is 20.8 Å². The van der Waals surface area contributed by atoms with Crippen LogP contribution in [0.2, 0.25) is 0 Å². The number of halogens is 2. The molecule has 106 valence electrons. The van der Waals surface area contributed by atoms with Crippen LogP contribution in [-0.4, -0.2) is 12.2 Å². The van der Waals surface area contributed by atoms with Gasteiger partial charge in [0.05, 0.1) is 0 Å². The number of aryl methyl sites for hydroxylation is 1. The number of anilines is 1. The number of rotatable bonds is 3. The zero-order valence-corrected chi connectivity index (χ0v) is 15.4. The monoisotopic (exact) mass is 387 g/mol. The predicted molar refractivity (Wildman–Crippen MR) is 83.1 cm³/mol. The first kappa shape index (κ1) is 17.6. The standard InChI is InChI=1S/C15H17NO.2ClH.Zr/c1-12-7-6-8-13(15(12)17)11-16(2)14-9-4-3-5-10-14;;;/h3-10,17H,11H2,1-2H3;2*1H;/q;;;+2/p-2. The first-order chi connectivity index (χ1) is 9.60. The van der Waals surface area contributed by atoms with Gasteiger partial charge in [0.25, 0.3) is 0 Å². The average molecular weight is 389 g/mol. The van der Waals surface area contributed by atoms with Crippen LogP contribution in [0.4, 0.5) is 5.69 Å². The Morgan fingerprint density at radius 1 is 1.05 bits per heavy atom. The molecule has 0 atom stereocenters. The molecule has 0 fully saturated rings. The summed E-state index contributed by atoms with van der Waals surface area (Å²) in [5, 5.41) is 9.97. The SMILES string of the molecule is Cc1cccc(CN(C)c2ccccc2)c1O.[Cl][Zr][Cl]. The van der Waals surface area contributed by atoms with E-state index in [1.54, 1.807) is 0 Å². The van der Waals surface area contributed by atoms with Gasteiger partial charge in [-0.05, 0) is 24.6 Å². The van der Waals surface area contributed by atoms with E-state index in [4.69, 9.17) is 17.0 Å². The van der Waals surface area contributed by atoms with E-state index in [0.29, 0.717) is 12.3 Å². The molecule has 0 saturated heterocycles. The summed E-state index contributed by atoms with van der Waals surface area (Å²) in [6.07, 6.45) is 0. The molecule has 2 nitrogen and oxygen atoms in total. The fraction of sp³-hybridized carbons (Fsp3) is 0.200. The second-order valence-electron chi connectivity index (χ2n) is 4.35. The molecule has 0 radical (unpaired) electrons. The van der Waals surface area contributed by atoms with Crippen LogP contribution in [0.25, 0.3) is 0 Å². The molecule has 0 heterocycles. The molecule has 0 spiro atoms. The van der Waals surface area contributed by atoms with Gasteiger partial charge in [0, 0.05) is 24.8 Å². The van der Waals surface area contributed by atoms with E-state index in [1.165, 1.54) is 0 Å². The van der Waals surface area contributed by atoms with Gasteiger partial charge in [0.1, 0.15) is 5.75 Å². The van der Waals surface area contributed by atoms with Gasteiger partial charge in [-0.3, -0.25) is 0 Å². The number of phenols is 1. The molecular weight excluding hydrogens is 372 g/mol. The van der Waals surface area contributed by atoms with Crippen LogP contribution in [0.15, 0.2) is 48.5 Å². The Morgan fingerprint density at radius 3 is 2.25 bits per heavy atom. The summed E-state index contributed by atoms with van der Waals surface area (Å²) < 4.78 is 0. The van der Waals surface area contributed by atoms with Gasteiger partial charge in [0.15, 0.2) is 0 Å². The second kappa shape index (κ2) is 9.44. The Hall–Kier alpha value is -0.497. The molecule has 20 heavy (non-hydrogen) atoms. The van der Waals surface area contributed by atoms with Gasteiger partial charge in [-0.1, -0.05) is 36.4 Å². The molecule has 0 aromatic heterocycles. The number of hydrogen-bond acceptors (Lipinski definition) is 2. The number of para-hydroxylation sites is 2. The van der Waals surface area contributed by atoms with E-state index >= 15 is 0 Å². The molecule has 2 aromatic rings. The van der Waals surface area contributed by atoms with Gasteiger partial charge >= 0.3 is 37.9 Å². The molecule has 0 aliphatic rings. The number of hydrogen-bond donors (Lipinski definition) is 1. The summed E-state index contributed by atoms with van der Waals surface area (Å²) in [7, 11) is 11.9. The fourth-order valence-electron chi connectivity index (χ4n) is 1.88. The van der Waals surface area contributed by atoms with Crippen molar-refractivity contribution in [3.63, 3.8) is 0 Å². The first-order valence-corrected chi connectivity index (χ1v) is 12.4. The van der Waals surface area contributed by atoms with Crippen LogP contribution >= 0.6 is 17.0 Å². The molecule has 0 amide bonds. The van der Waals surface area contributed by atoms with E-state index in [2.05, 4.69) is 17.0 Å². The summed E-state index contributed by atoms with van der Waals surface area (Å²) in [5.74, 6) is 0.398. The van der Waals surface area contributed by atoms with Crippen molar-refractivity contribution < 1.29 is 26.0 Å². The summed E-state index contributed by atoms with van der Waals surface area (Å²) in [5.41, 5.74) is 3.02. The Labute approximate surface area is 139 Å². The zero-order chi connectivity index (χ0) is 15.0. The molecule has 5 heteroatoms. The molecule has 0 bridgehead atoms. The van der Waals surface area contributed by atoms with Crippen molar-refractivity contribution >= 4 is 22.7 Å². The Kier molecular flexibility index (Phi) is 8.29. The van der Waals surface area contributed by atoms with Crippen molar-refractivity contribution in [3.05, 3.63) is 59.7 Å². The molecule has 0 saturated carbocycles. The normalized spacial score (nSPS) is 9.40. The zero-order valence-electron chi connectivity index (χ0n) is 11.5. The van der Waals surface area contributed by atoms with Crippen LogP contribution in [0.1, 0.15) is 11.1 Å². The van der Waals surface area contributed by atoms with Crippen LogP contribution < -0.4 is 4.90 Å². The number of aromatic hydroxyl groups is 1. The molecule has 0 unspecified atom stereocenters. The molecule has 1 N–H and O–H groups in total.